The third-order valence-electron chi connectivity index (χ3n) is 4.06. The van der Waals surface area contributed by atoms with Crippen molar-refractivity contribution in [2.24, 2.45) is 17.8 Å². The fraction of sp³-hybridized carbons (Fsp3) is 0.882. The highest BCUT2D eigenvalue weighted by atomic mass is 16.5. The Bertz CT molecular complexity index is 294. The van der Waals surface area contributed by atoms with Gasteiger partial charge in [-0.05, 0) is 37.0 Å². The van der Waals surface area contributed by atoms with Crippen LogP contribution in [0.2, 0.25) is 0 Å². The van der Waals surface area contributed by atoms with E-state index >= 15 is 0 Å². The monoisotopic (exact) mass is 299 g/mol. The van der Waals surface area contributed by atoms with E-state index in [0.717, 1.165) is 25.9 Å². The van der Waals surface area contributed by atoms with Crippen molar-refractivity contribution >= 4 is 0 Å². The number of ether oxygens (including phenoxy) is 1. The molecular weight excluding hydrogens is 266 g/mol. The van der Waals surface area contributed by atoms with Gasteiger partial charge < -0.3 is 20.3 Å². The molecule has 1 rings (SSSR count). The summed E-state index contributed by atoms with van der Waals surface area (Å²) in [4.78, 5) is 0. The number of aliphatic hydroxyl groups excluding tert-OH is 2. The Morgan fingerprint density at radius 3 is 2.48 bits per heavy atom. The molecule has 4 atom stereocenters. The van der Waals surface area contributed by atoms with Gasteiger partial charge in [0.1, 0.15) is 0 Å². The molecule has 0 fully saturated rings. The summed E-state index contributed by atoms with van der Waals surface area (Å²) in [5.74, 6) is 1.72. The van der Waals surface area contributed by atoms with Crippen LogP contribution in [-0.2, 0) is 4.74 Å². The van der Waals surface area contributed by atoms with E-state index in [1.54, 1.807) is 0 Å². The van der Waals surface area contributed by atoms with Gasteiger partial charge in [0.25, 0.3) is 0 Å². The Kier molecular flexibility index (Phi) is 9.16. The van der Waals surface area contributed by atoms with Gasteiger partial charge in [0.2, 0.25) is 0 Å². The van der Waals surface area contributed by atoms with Crippen LogP contribution in [0.4, 0.5) is 0 Å². The Morgan fingerprint density at radius 2 is 1.81 bits per heavy atom. The van der Waals surface area contributed by atoms with E-state index in [0.29, 0.717) is 37.5 Å². The first kappa shape index (κ1) is 18.6. The zero-order valence-corrected chi connectivity index (χ0v) is 13.8. The van der Waals surface area contributed by atoms with Gasteiger partial charge in [-0.1, -0.05) is 32.9 Å². The lowest BCUT2D eigenvalue weighted by Crippen LogP contribution is -2.36. The van der Waals surface area contributed by atoms with Crippen molar-refractivity contribution in [2.75, 3.05) is 26.3 Å². The molecule has 3 N–H and O–H groups in total. The first-order chi connectivity index (χ1) is 9.99. The summed E-state index contributed by atoms with van der Waals surface area (Å²) in [7, 11) is 0. The van der Waals surface area contributed by atoms with Crippen molar-refractivity contribution in [3.05, 3.63) is 12.2 Å². The molecular formula is C17H33NO3. The van der Waals surface area contributed by atoms with Crippen molar-refractivity contribution < 1.29 is 14.9 Å². The lowest BCUT2D eigenvalue weighted by Gasteiger charge is -2.25. The second kappa shape index (κ2) is 10.3. The molecule has 0 bridgehead atoms. The van der Waals surface area contributed by atoms with Crippen molar-refractivity contribution in [2.45, 2.75) is 52.2 Å². The zero-order chi connectivity index (χ0) is 15.7. The first-order valence-electron chi connectivity index (χ1n) is 8.28. The molecule has 1 aliphatic carbocycles. The van der Waals surface area contributed by atoms with Crippen molar-refractivity contribution in [3.8, 4) is 0 Å². The third kappa shape index (κ3) is 8.57. The minimum Gasteiger partial charge on any atom is -0.392 e. The minimum absolute atomic E-state index is 0.340. The topological polar surface area (TPSA) is 61.7 Å². The average Bonchev–Trinajstić information content (AvgIpc) is 2.40. The SMILES string of the molecule is CC(C)CC(O)CNCC(O)COCC1CC=CCC1C. The molecule has 0 aromatic rings. The predicted octanol–water partition coefficient (Wildman–Crippen LogP) is 1.96. The fourth-order valence-electron chi connectivity index (χ4n) is 2.70. The molecule has 0 saturated heterocycles. The van der Waals surface area contributed by atoms with Crippen molar-refractivity contribution in [3.63, 3.8) is 0 Å². The van der Waals surface area contributed by atoms with Crippen LogP contribution in [-0.4, -0.2) is 48.7 Å². The Balaban J connectivity index is 2.03. The summed E-state index contributed by atoms with van der Waals surface area (Å²) < 4.78 is 5.64. The number of allylic oxidation sites excluding steroid dienone is 2. The highest BCUT2D eigenvalue weighted by Crippen LogP contribution is 2.24. The zero-order valence-electron chi connectivity index (χ0n) is 13.8. The van der Waals surface area contributed by atoms with Gasteiger partial charge in [-0.25, -0.2) is 0 Å². The van der Waals surface area contributed by atoms with E-state index in [-0.39, 0.29) is 6.10 Å². The highest BCUT2D eigenvalue weighted by molar-refractivity contribution is 4.93. The molecule has 21 heavy (non-hydrogen) atoms. The summed E-state index contributed by atoms with van der Waals surface area (Å²) in [6.07, 6.45) is 6.61. The largest absolute Gasteiger partial charge is 0.392 e. The molecule has 4 unspecified atom stereocenters. The summed E-state index contributed by atoms with van der Waals surface area (Å²) in [6, 6.07) is 0. The Morgan fingerprint density at radius 1 is 1.14 bits per heavy atom. The highest BCUT2D eigenvalue weighted by Gasteiger charge is 2.18. The minimum atomic E-state index is -0.509. The first-order valence-corrected chi connectivity index (χ1v) is 8.28. The van der Waals surface area contributed by atoms with Gasteiger partial charge in [0.05, 0.1) is 25.4 Å². The van der Waals surface area contributed by atoms with Crippen LogP contribution in [0.15, 0.2) is 12.2 Å². The van der Waals surface area contributed by atoms with Crippen molar-refractivity contribution in [1.82, 2.24) is 5.32 Å². The van der Waals surface area contributed by atoms with Gasteiger partial charge in [0, 0.05) is 13.1 Å². The molecule has 4 heteroatoms. The maximum Gasteiger partial charge on any atom is 0.0897 e. The number of aliphatic hydroxyl groups is 2. The molecule has 0 aromatic heterocycles. The summed E-state index contributed by atoms with van der Waals surface area (Å²) in [5.41, 5.74) is 0. The standard InChI is InChI=1S/C17H33NO3/c1-13(2)8-16(19)9-18-10-17(20)12-21-11-15-7-5-4-6-14(15)3/h4-5,13-20H,6-12H2,1-3H3. The van der Waals surface area contributed by atoms with E-state index in [4.69, 9.17) is 4.74 Å². The van der Waals surface area contributed by atoms with Crippen LogP contribution in [0.1, 0.15) is 40.0 Å². The molecule has 0 amide bonds. The second-order valence-electron chi connectivity index (χ2n) is 6.81. The molecule has 0 aliphatic heterocycles. The molecule has 0 radical (unpaired) electrons. The molecule has 4 nitrogen and oxygen atoms in total. The van der Waals surface area contributed by atoms with Crippen LogP contribution in [0.5, 0.6) is 0 Å². The smallest absolute Gasteiger partial charge is 0.0897 e. The Hall–Kier alpha value is -0.420. The molecule has 124 valence electrons. The fourth-order valence-corrected chi connectivity index (χ4v) is 2.70. The van der Waals surface area contributed by atoms with Crippen LogP contribution < -0.4 is 5.32 Å². The van der Waals surface area contributed by atoms with E-state index in [1.165, 1.54) is 0 Å². The van der Waals surface area contributed by atoms with Crippen LogP contribution in [0, 0.1) is 17.8 Å². The molecule has 0 aromatic carbocycles. The molecule has 0 saturated carbocycles. The number of hydrogen-bond acceptors (Lipinski definition) is 4. The summed E-state index contributed by atoms with van der Waals surface area (Å²) in [5, 5.41) is 22.7. The number of nitrogens with one attached hydrogen (secondary N) is 1. The quantitative estimate of drug-likeness (QED) is 0.540. The normalized spacial score (nSPS) is 25.2. The predicted molar refractivity (Wildman–Crippen MR) is 86.2 cm³/mol. The molecule has 0 spiro atoms. The van der Waals surface area contributed by atoms with E-state index in [1.807, 2.05) is 0 Å². The maximum atomic E-state index is 9.86. The van der Waals surface area contributed by atoms with Gasteiger partial charge in [-0.15, -0.1) is 0 Å². The lowest BCUT2D eigenvalue weighted by molar-refractivity contribution is 0.0116. The van der Waals surface area contributed by atoms with Crippen LogP contribution in [0.3, 0.4) is 0 Å². The average molecular weight is 299 g/mol. The summed E-state index contributed by atoms with van der Waals surface area (Å²) in [6.45, 7) is 8.51. The van der Waals surface area contributed by atoms with Crippen LogP contribution >= 0.6 is 0 Å². The van der Waals surface area contributed by atoms with Crippen LogP contribution in [0.25, 0.3) is 0 Å². The maximum absolute atomic E-state index is 9.86. The number of hydrogen-bond donors (Lipinski definition) is 3. The van der Waals surface area contributed by atoms with Gasteiger partial charge in [-0.3, -0.25) is 0 Å². The van der Waals surface area contributed by atoms with E-state index in [2.05, 4.69) is 38.2 Å². The molecule has 0 heterocycles. The lowest BCUT2D eigenvalue weighted by atomic mass is 9.85. The summed E-state index contributed by atoms with van der Waals surface area (Å²) >= 11 is 0. The molecule has 1 aliphatic rings. The van der Waals surface area contributed by atoms with E-state index in [9.17, 15) is 10.2 Å². The number of rotatable bonds is 10. The van der Waals surface area contributed by atoms with Gasteiger partial charge >= 0.3 is 0 Å². The van der Waals surface area contributed by atoms with E-state index < -0.39 is 6.10 Å². The Labute approximate surface area is 129 Å². The third-order valence-corrected chi connectivity index (χ3v) is 4.06. The van der Waals surface area contributed by atoms with Gasteiger partial charge in [-0.2, -0.15) is 0 Å². The second-order valence-corrected chi connectivity index (χ2v) is 6.81. The van der Waals surface area contributed by atoms with Crippen molar-refractivity contribution in [1.29, 1.82) is 0 Å². The van der Waals surface area contributed by atoms with Gasteiger partial charge in [0.15, 0.2) is 0 Å².